The molecule has 1 aliphatic carbocycles. The summed E-state index contributed by atoms with van der Waals surface area (Å²) in [5.74, 6) is 0.000594. The lowest BCUT2D eigenvalue weighted by molar-refractivity contribution is -0.120. The summed E-state index contributed by atoms with van der Waals surface area (Å²) < 4.78 is 1.64. The van der Waals surface area contributed by atoms with E-state index in [0.29, 0.717) is 16.1 Å². The number of nitrogens with zero attached hydrogens (tertiary/aromatic N) is 2. The van der Waals surface area contributed by atoms with Crippen LogP contribution in [-0.2, 0) is 4.79 Å². The van der Waals surface area contributed by atoms with Gasteiger partial charge in [-0.25, -0.2) is 4.98 Å². The fraction of sp³-hybridized carbons (Fsp3) is 0.348. The molecule has 5 nitrogen and oxygen atoms in total. The molecule has 1 aliphatic rings. The van der Waals surface area contributed by atoms with Gasteiger partial charge in [0.1, 0.15) is 0 Å². The van der Waals surface area contributed by atoms with Gasteiger partial charge in [0.05, 0.1) is 21.8 Å². The van der Waals surface area contributed by atoms with Crippen molar-refractivity contribution in [3.05, 3.63) is 64.4 Å². The molecule has 3 aromatic rings. The van der Waals surface area contributed by atoms with Crippen LogP contribution in [0.5, 0.6) is 0 Å². The first-order valence-electron chi connectivity index (χ1n) is 10.1. The largest absolute Gasteiger partial charge is 0.352 e. The predicted molar refractivity (Wildman–Crippen MR) is 118 cm³/mol. The first-order valence-corrected chi connectivity index (χ1v) is 11.0. The number of carbonyl (C=O) groups is 1. The molecule has 1 aromatic heterocycles. The first-order chi connectivity index (χ1) is 14.0. The van der Waals surface area contributed by atoms with Gasteiger partial charge in [-0.05, 0) is 50.5 Å². The van der Waals surface area contributed by atoms with Crippen molar-refractivity contribution in [2.24, 2.45) is 0 Å². The van der Waals surface area contributed by atoms with Crippen LogP contribution < -0.4 is 10.9 Å². The van der Waals surface area contributed by atoms with E-state index in [1.165, 1.54) is 24.6 Å². The Hall–Kier alpha value is -2.60. The number of thioether (sulfide) groups is 1. The third-order valence-corrected chi connectivity index (χ3v) is 6.51. The maximum atomic E-state index is 13.3. The maximum absolute atomic E-state index is 13.3. The molecule has 1 amide bonds. The standard InChI is InChI=1S/C23H25N3O2S/c1-15-9-3-8-14-20(15)26-22(28)18-12-6-7-13-19(18)25-23(26)29-16(2)21(27)24-17-10-4-5-11-17/h3,6-9,12-14,16-17H,4-5,10-11H2,1-2H3,(H,24,27)/t16-/m1/s1. The van der Waals surface area contributed by atoms with Gasteiger partial charge in [0.2, 0.25) is 5.91 Å². The lowest BCUT2D eigenvalue weighted by Gasteiger charge is -2.19. The highest BCUT2D eigenvalue weighted by molar-refractivity contribution is 8.00. The second-order valence-electron chi connectivity index (χ2n) is 7.59. The second kappa shape index (κ2) is 8.41. The smallest absolute Gasteiger partial charge is 0.266 e. The summed E-state index contributed by atoms with van der Waals surface area (Å²) in [6.45, 7) is 3.85. The highest BCUT2D eigenvalue weighted by Gasteiger charge is 2.24. The molecule has 150 valence electrons. The van der Waals surface area contributed by atoms with Gasteiger partial charge in [-0.1, -0.05) is 54.9 Å². The van der Waals surface area contributed by atoms with Gasteiger partial charge in [0.15, 0.2) is 5.16 Å². The summed E-state index contributed by atoms with van der Waals surface area (Å²) in [5, 5.41) is 3.91. The number of para-hydroxylation sites is 2. The average molecular weight is 408 g/mol. The third-order valence-electron chi connectivity index (χ3n) is 5.45. The number of carbonyl (C=O) groups excluding carboxylic acids is 1. The van der Waals surface area contributed by atoms with Crippen molar-refractivity contribution in [3.63, 3.8) is 0 Å². The highest BCUT2D eigenvalue weighted by atomic mass is 32.2. The van der Waals surface area contributed by atoms with Crippen LogP contribution in [0.2, 0.25) is 0 Å². The van der Waals surface area contributed by atoms with Crippen molar-refractivity contribution in [2.75, 3.05) is 0 Å². The Bertz CT molecular complexity index is 1100. The van der Waals surface area contributed by atoms with Crippen LogP contribution in [0.4, 0.5) is 0 Å². The van der Waals surface area contributed by atoms with Gasteiger partial charge >= 0.3 is 0 Å². The summed E-state index contributed by atoms with van der Waals surface area (Å²) in [6.07, 6.45) is 4.44. The van der Waals surface area contributed by atoms with E-state index in [1.54, 1.807) is 10.6 Å². The molecule has 2 aromatic carbocycles. The lowest BCUT2D eigenvalue weighted by Crippen LogP contribution is -2.38. The molecule has 0 spiro atoms. The van der Waals surface area contributed by atoms with Gasteiger partial charge in [-0.2, -0.15) is 0 Å². The number of fused-ring (bicyclic) bond motifs is 1. The molecule has 29 heavy (non-hydrogen) atoms. The molecule has 6 heteroatoms. The lowest BCUT2D eigenvalue weighted by atomic mass is 10.2. The van der Waals surface area contributed by atoms with E-state index in [0.717, 1.165) is 24.1 Å². The zero-order valence-corrected chi connectivity index (χ0v) is 17.5. The molecule has 0 bridgehead atoms. The highest BCUT2D eigenvalue weighted by Crippen LogP contribution is 2.27. The van der Waals surface area contributed by atoms with Crippen LogP contribution in [0.25, 0.3) is 16.6 Å². The number of hydrogen-bond acceptors (Lipinski definition) is 4. The molecule has 0 aliphatic heterocycles. The number of nitrogens with one attached hydrogen (secondary N) is 1. The molecule has 0 radical (unpaired) electrons. The Morgan fingerprint density at radius 1 is 1.14 bits per heavy atom. The van der Waals surface area contributed by atoms with Crippen molar-refractivity contribution in [1.82, 2.24) is 14.9 Å². The minimum absolute atomic E-state index is 0.000594. The average Bonchev–Trinajstić information content (AvgIpc) is 3.22. The van der Waals surface area contributed by atoms with E-state index in [9.17, 15) is 9.59 Å². The molecule has 1 heterocycles. The number of aryl methyl sites for hydroxylation is 1. The van der Waals surface area contributed by atoms with Crippen LogP contribution in [0, 0.1) is 6.92 Å². The minimum atomic E-state index is -0.348. The Morgan fingerprint density at radius 2 is 1.83 bits per heavy atom. The SMILES string of the molecule is Cc1ccccc1-n1c(S[C@H](C)C(=O)NC2CCCC2)nc2ccccc2c1=O. The molecule has 1 atom stereocenters. The molecular weight excluding hydrogens is 382 g/mol. The Morgan fingerprint density at radius 3 is 2.59 bits per heavy atom. The number of rotatable bonds is 5. The van der Waals surface area contributed by atoms with E-state index >= 15 is 0 Å². The predicted octanol–water partition coefficient (Wildman–Crippen LogP) is 4.23. The topological polar surface area (TPSA) is 64.0 Å². The normalized spacial score (nSPS) is 15.5. The van der Waals surface area contributed by atoms with E-state index in [-0.39, 0.29) is 22.8 Å². The molecule has 4 rings (SSSR count). The Kier molecular flexibility index (Phi) is 5.72. The minimum Gasteiger partial charge on any atom is -0.352 e. The van der Waals surface area contributed by atoms with Crippen LogP contribution in [0.1, 0.15) is 38.2 Å². The Balaban J connectivity index is 1.74. The summed E-state index contributed by atoms with van der Waals surface area (Å²) in [6, 6.07) is 15.4. The maximum Gasteiger partial charge on any atom is 0.266 e. The number of benzene rings is 2. The fourth-order valence-corrected chi connectivity index (χ4v) is 4.75. The molecule has 0 saturated heterocycles. The van der Waals surface area contributed by atoms with Crippen molar-refractivity contribution in [2.45, 2.75) is 56.0 Å². The summed E-state index contributed by atoms with van der Waals surface area (Å²) in [4.78, 5) is 30.8. The van der Waals surface area contributed by atoms with E-state index in [4.69, 9.17) is 4.98 Å². The van der Waals surface area contributed by atoms with E-state index < -0.39 is 0 Å². The zero-order valence-electron chi connectivity index (χ0n) is 16.7. The summed E-state index contributed by atoms with van der Waals surface area (Å²) >= 11 is 1.33. The van der Waals surface area contributed by atoms with Crippen molar-refractivity contribution >= 4 is 28.6 Å². The van der Waals surface area contributed by atoms with Crippen molar-refractivity contribution in [3.8, 4) is 5.69 Å². The van der Waals surface area contributed by atoms with E-state index in [2.05, 4.69) is 5.32 Å². The first kappa shape index (κ1) is 19.7. The quantitative estimate of drug-likeness (QED) is 0.508. The molecule has 1 N–H and O–H groups in total. The molecular formula is C23H25N3O2S. The fourth-order valence-electron chi connectivity index (χ4n) is 3.82. The summed E-state index contributed by atoms with van der Waals surface area (Å²) in [5.41, 5.74) is 2.31. The molecule has 1 saturated carbocycles. The van der Waals surface area contributed by atoms with Crippen LogP contribution in [0.15, 0.2) is 58.5 Å². The number of amides is 1. The monoisotopic (exact) mass is 407 g/mol. The third kappa shape index (κ3) is 4.08. The zero-order chi connectivity index (χ0) is 20.4. The van der Waals surface area contributed by atoms with Gasteiger partial charge < -0.3 is 5.32 Å². The van der Waals surface area contributed by atoms with Crippen LogP contribution >= 0.6 is 11.8 Å². The van der Waals surface area contributed by atoms with Gasteiger partial charge in [-0.3, -0.25) is 14.2 Å². The number of hydrogen-bond donors (Lipinski definition) is 1. The summed E-state index contributed by atoms with van der Waals surface area (Å²) in [7, 11) is 0. The molecule has 0 unspecified atom stereocenters. The Labute approximate surface area is 174 Å². The van der Waals surface area contributed by atoms with Gasteiger partial charge in [0.25, 0.3) is 5.56 Å². The van der Waals surface area contributed by atoms with Crippen molar-refractivity contribution in [1.29, 1.82) is 0 Å². The van der Waals surface area contributed by atoms with Crippen molar-refractivity contribution < 1.29 is 4.79 Å². The molecule has 1 fully saturated rings. The van der Waals surface area contributed by atoms with Gasteiger partial charge in [-0.15, -0.1) is 0 Å². The van der Waals surface area contributed by atoms with E-state index in [1.807, 2.05) is 56.3 Å². The number of aromatic nitrogens is 2. The van der Waals surface area contributed by atoms with Gasteiger partial charge in [0, 0.05) is 6.04 Å². The van der Waals surface area contributed by atoms with Crippen LogP contribution in [-0.4, -0.2) is 26.8 Å². The second-order valence-corrected chi connectivity index (χ2v) is 8.90. The van der Waals surface area contributed by atoms with Crippen LogP contribution in [0.3, 0.4) is 0 Å².